The molecule has 1 aromatic carbocycles. The van der Waals surface area contributed by atoms with E-state index in [9.17, 15) is 4.79 Å². The van der Waals surface area contributed by atoms with E-state index >= 15 is 0 Å². The molecule has 3 rings (SSSR count). The Morgan fingerprint density at radius 3 is 2.70 bits per heavy atom. The number of nitrogens with zero attached hydrogens (tertiary/aromatic N) is 5. The van der Waals surface area contributed by atoms with E-state index in [4.69, 9.17) is 0 Å². The molecule has 6 heteroatoms. The van der Waals surface area contributed by atoms with Crippen molar-refractivity contribution in [3.8, 4) is 0 Å². The molecule has 1 aromatic heterocycles. The van der Waals surface area contributed by atoms with Gasteiger partial charge >= 0.3 is 0 Å². The molecular formula is C17H23N5O. The summed E-state index contributed by atoms with van der Waals surface area (Å²) in [5, 5.41) is 12.6. The van der Waals surface area contributed by atoms with Crippen LogP contribution in [0.5, 0.6) is 0 Å². The largest absolute Gasteiger partial charge is 0.334 e. The molecular weight excluding hydrogens is 290 g/mol. The second-order valence-electron chi connectivity index (χ2n) is 6.29. The zero-order valence-corrected chi connectivity index (χ0v) is 13.6. The SMILES string of the molecule is CN(Cc1nnn(CC2CCCCC2)n1)C(=O)c1ccccc1. The molecule has 122 valence electrons. The third-order valence-corrected chi connectivity index (χ3v) is 4.39. The highest BCUT2D eigenvalue weighted by Gasteiger charge is 2.17. The van der Waals surface area contributed by atoms with Gasteiger partial charge in [0.05, 0.1) is 13.1 Å². The lowest BCUT2D eigenvalue weighted by atomic mass is 9.89. The molecule has 1 heterocycles. The molecule has 0 spiro atoms. The third kappa shape index (κ3) is 4.15. The molecule has 1 amide bonds. The zero-order valence-electron chi connectivity index (χ0n) is 13.6. The van der Waals surface area contributed by atoms with Crippen LogP contribution in [0.15, 0.2) is 30.3 Å². The second kappa shape index (κ2) is 7.35. The first kappa shape index (κ1) is 15.6. The maximum atomic E-state index is 12.3. The molecule has 0 N–H and O–H groups in total. The van der Waals surface area contributed by atoms with Gasteiger partial charge in [-0.05, 0) is 36.1 Å². The van der Waals surface area contributed by atoms with Gasteiger partial charge in [0, 0.05) is 12.6 Å². The molecule has 1 saturated carbocycles. The van der Waals surface area contributed by atoms with Crippen LogP contribution in [0.4, 0.5) is 0 Å². The molecule has 0 radical (unpaired) electrons. The normalized spacial score (nSPS) is 15.5. The van der Waals surface area contributed by atoms with E-state index in [2.05, 4.69) is 15.4 Å². The van der Waals surface area contributed by atoms with E-state index in [1.807, 2.05) is 30.3 Å². The monoisotopic (exact) mass is 313 g/mol. The summed E-state index contributed by atoms with van der Waals surface area (Å²) in [6.45, 7) is 1.21. The topological polar surface area (TPSA) is 63.9 Å². The Morgan fingerprint density at radius 1 is 1.22 bits per heavy atom. The summed E-state index contributed by atoms with van der Waals surface area (Å²) in [6, 6.07) is 9.24. The number of amides is 1. The number of carbonyl (C=O) groups excluding carboxylic acids is 1. The predicted octanol–water partition coefficient (Wildman–Crippen LogP) is 2.53. The standard InChI is InChI=1S/C17H23N5O/c1-21(17(23)15-10-6-3-7-11-15)13-16-18-20-22(19-16)12-14-8-4-2-5-9-14/h3,6-7,10-11,14H,2,4-5,8-9,12-13H2,1H3. The maximum absolute atomic E-state index is 12.3. The Kier molecular flexibility index (Phi) is 5.00. The van der Waals surface area contributed by atoms with Crippen molar-refractivity contribution in [2.45, 2.75) is 45.2 Å². The van der Waals surface area contributed by atoms with Gasteiger partial charge in [-0.1, -0.05) is 37.5 Å². The first-order valence-electron chi connectivity index (χ1n) is 8.29. The van der Waals surface area contributed by atoms with Crippen LogP contribution in [0, 0.1) is 5.92 Å². The summed E-state index contributed by atoms with van der Waals surface area (Å²) < 4.78 is 0. The van der Waals surface area contributed by atoms with Gasteiger partial charge in [0.25, 0.3) is 5.91 Å². The number of hydrogen-bond acceptors (Lipinski definition) is 4. The highest BCUT2D eigenvalue weighted by Crippen LogP contribution is 2.24. The lowest BCUT2D eigenvalue weighted by Gasteiger charge is -2.20. The molecule has 2 aromatic rings. The molecule has 0 saturated heterocycles. The van der Waals surface area contributed by atoms with Crippen LogP contribution >= 0.6 is 0 Å². The van der Waals surface area contributed by atoms with Crippen molar-refractivity contribution < 1.29 is 4.79 Å². The summed E-state index contributed by atoms with van der Waals surface area (Å²) >= 11 is 0. The smallest absolute Gasteiger partial charge is 0.254 e. The number of rotatable bonds is 5. The summed E-state index contributed by atoms with van der Waals surface area (Å²) in [4.78, 5) is 15.6. The van der Waals surface area contributed by atoms with Crippen LogP contribution in [0.1, 0.15) is 48.3 Å². The lowest BCUT2D eigenvalue weighted by molar-refractivity contribution is 0.0781. The van der Waals surface area contributed by atoms with Gasteiger partial charge in [0.1, 0.15) is 0 Å². The number of hydrogen-bond donors (Lipinski definition) is 0. The molecule has 0 atom stereocenters. The summed E-state index contributed by atoms with van der Waals surface area (Å²) in [7, 11) is 1.76. The van der Waals surface area contributed by atoms with E-state index in [-0.39, 0.29) is 5.91 Å². The summed E-state index contributed by atoms with van der Waals surface area (Å²) in [5.74, 6) is 1.22. The Hall–Kier alpha value is -2.24. The number of benzene rings is 1. The van der Waals surface area contributed by atoms with Gasteiger partial charge < -0.3 is 4.90 Å². The van der Waals surface area contributed by atoms with Crippen molar-refractivity contribution in [2.75, 3.05) is 7.05 Å². The minimum Gasteiger partial charge on any atom is -0.334 e. The highest BCUT2D eigenvalue weighted by atomic mass is 16.2. The van der Waals surface area contributed by atoms with Crippen molar-refractivity contribution in [3.05, 3.63) is 41.7 Å². The van der Waals surface area contributed by atoms with Crippen molar-refractivity contribution in [1.82, 2.24) is 25.1 Å². The van der Waals surface area contributed by atoms with Gasteiger partial charge in [-0.2, -0.15) is 4.80 Å². The van der Waals surface area contributed by atoms with Gasteiger partial charge in [0.15, 0.2) is 5.82 Å². The fourth-order valence-corrected chi connectivity index (χ4v) is 3.10. The molecule has 1 aliphatic rings. The lowest BCUT2D eigenvalue weighted by Crippen LogP contribution is -2.26. The Labute approximate surface area is 136 Å². The van der Waals surface area contributed by atoms with Crippen LogP contribution in [0.3, 0.4) is 0 Å². The molecule has 0 aliphatic heterocycles. The fourth-order valence-electron chi connectivity index (χ4n) is 3.10. The quantitative estimate of drug-likeness (QED) is 0.851. The average Bonchev–Trinajstić information content (AvgIpc) is 3.02. The molecule has 0 bridgehead atoms. The van der Waals surface area contributed by atoms with E-state index in [0.29, 0.717) is 23.9 Å². The van der Waals surface area contributed by atoms with Crippen molar-refractivity contribution in [1.29, 1.82) is 0 Å². The Bertz CT molecular complexity index is 633. The zero-order chi connectivity index (χ0) is 16.1. The van der Waals surface area contributed by atoms with Crippen molar-refractivity contribution in [2.24, 2.45) is 5.92 Å². The van der Waals surface area contributed by atoms with Crippen molar-refractivity contribution >= 4 is 5.91 Å². The molecule has 6 nitrogen and oxygen atoms in total. The second-order valence-corrected chi connectivity index (χ2v) is 6.29. The maximum Gasteiger partial charge on any atom is 0.254 e. The number of aromatic nitrogens is 4. The minimum absolute atomic E-state index is 0.0331. The first-order chi connectivity index (χ1) is 11.2. The molecule has 23 heavy (non-hydrogen) atoms. The summed E-state index contributed by atoms with van der Waals surface area (Å²) in [5.41, 5.74) is 0.671. The van der Waals surface area contributed by atoms with Crippen LogP contribution < -0.4 is 0 Å². The van der Waals surface area contributed by atoms with Crippen LogP contribution in [0.25, 0.3) is 0 Å². The minimum atomic E-state index is -0.0331. The summed E-state index contributed by atoms with van der Waals surface area (Å²) in [6.07, 6.45) is 6.46. The van der Waals surface area contributed by atoms with Gasteiger partial charge in [-0.25, -0.2) is 0 Å². The van der Waals surface area contributed by atoms with E-state index in [1.54, 1.807) is 16.7 Å². The predicted molar refractivity (Wildman–Crippen MR) is 86.6 cm³/mol. The molecule has 0 unspecified atom stereocenters. The van der Waals surface area contributed by atoms with Gasteiger partial charge in [-0.3, -0.25) is 4.79 Å². The van der Waals surface area contributed by atoms with Crippen LogP contribution in [-0.2, 0) is 13.1 Å². The average molecular weight is 313 g/mol. The third-order valence-electron chi connectivity index (χ3n) is 4.39. The van der Waals surface area contributed by atoms with E-state index in [0.717, 1.165) is 6.54 Å². The fraction of sp³-hybridized carbons (Fsp3) is 0.529. The number of carbonyl (C=O) groups is 1. The molecule has 1 aliphatic carbocycles. The molecule has 1 fully saturated rings. The number of tetrazole rings is 1. The Morgan fingerprint density at radius 2 is 1.96 bits per heavy atom. The van der Waals surface area contributed by atoms with E-state index < -0.39 is 0 Å². The van der Waals surface area contributed by atoms with E-state index in [1.165, 1.54) is 32.1 Å². The first-order valence-corrected chi connectivity index (χ1v) is 8.29. The van der Waals surface area contributed by atoms with Crippen LogP contribution in [0.2, 0.25) is 0 Å². The van der Waals surface area contributed by atoms with Crippen molar-refractivity contribution in [3.63, 3.8) is 0 Å². The van der Waals surface area contributed by atoms with Gasteiger partial charge in [-0.15, -0.1) is 10.2 Å². The van der Waals surface area contributed by atoms with Crippen LogP contribution in [-0.4, -0.2) is 38.1 Å². The Balaban J connectivity index is 1.56. The van der Waals surface area contributed by atoms with Gasteiger partial charge in [0.2, 0.25) is 0 Å². The highest BCUT2D eigenvalue weighted by molar-refractivity contribution is 5.93.